The molecule has 1 aliphatic heterocycles. The highest BCUT2D eigenvalue weighted by molar-refractivity contribution is 6.06. The van der Waals surface area contributed by atoms with Crippen molar-refractivity contribution in [3.63, 3.8) is 0 Å². The molecule has 0 N–H and O–H groups in total. The van der Waals surface area contributed by atoms with Gasteiger partial charge in [0.15, 0.2) is 0 Å². The molecule has 0 aromatic rings. The van der Waals surface area contributed by atoms with Gasteiger partial charge >= 0.3 is 23.9 Å². The number of carbonyl (C=O) groups is 4. The molecule has 8 heteroatoms. The normalized spacial score (nSPS) is 20.4. The highest BCUT2D eigenvalue weighted by atomic mass is 16.6. The van der Waals surface area contributed by atoms with Gasteiger partial charge in [0.05, 0.1) is 33.7 Å². The van der Waals surface area contributed by atoms with Crippen LogP contribution in [-0.4, -0.2) is 51.8 Å². The molecule has 0 aliphatic carbocycles. The number of ether oxygens (including phenoxy) is 4. The molecule has 0 saturated carbocycles. The van der Waals surface area contributed by atoms with Crippen LogP contribution in [0.1, 0.15) is 6.42 Å². The van der Waals surface area contributed by atoms with Crippen molar-refractivity contribution in [1.29, 1.82) is 0 Å². The summed E-state index contributed by atoms with van der Waals surface area (Å²) in [7, 11) is 3.25. The molecule has 0 aromatic heterocycles. The number of hydrogen-bond donors (Lipinski definition) is 0. The van der Waals surface area contributed by atoms with Gasteiger partial charge in [-0.05, 0) is 0 Å². The summed E-state index contributed by atoms with van der Waals surface area (Å²) >= 11 is 0. The number of cyclic esters (lactones) is 1. The zero-order chi connectivity index (χ0) is 14.6. The van der Waals surface area contributed by atoms with Crippen LogP contribution in [-0.2, 0) is 38.1 Å². The van der Waals surface area contributed by atoms with Gasteiger partial charge in [-0.2, -0.15) is 0 Å². The highest BCUT2D eigenvalue weighted by Gasteiger charge is 2.63. The number of rotatable bonds is 4. The Balaban J connectivity index is 3.19. The van der Waals surface area contributed by atoms with Crippen LogP contribution < -0.4 is 0 Å². The van der Waals surface area contributed by atoms with E-state index in [1.165, 1.54) is 0 Å². The van der Waals surface area contributed by atoms with Crippen LogP contribution in [0.4, 0.5) is 0 Å². The van der Waals surface area contributed by atoms with Crippen LogP contribution in [0.5, 0.6) is 0 Å². The molecule has 8 nitrogen and oxygen atoms in total. The second-order valence-corrected chi connectivity index (χ2v) is 3.90. The number of methoxy groups -OCH3 is 3. The summed E-state index contributed by atoms with van der Waals surface area (Å²) in [5.74, 6) is -4.89. The Morgan fingerprint density at radius 3 is 2.11 bits per heavy atom. The predicted octanol–water partition coefficient (Wildman–Crippen LogP) is -0.945. The van der Waals surface area contributed by atoms with Crippen LogP contribution in [0.3, 0.4) is 0 Å². The van der Waals surface area contributed by atoms with Crippen molar-refractivity contribution in [2.45, 2.75) is 6.42 Å². The molecule has 0 bridgehead atoms. The average molecular weight is 274 g/mol. The van der Waals surface area contributed by atoms with Crippen molar-refractivity contribution >= 4 is 23.9 Å². The van der Waals surface area contributed by atoms with Crippen molar-refractivity contribution in [1.82, 2.24) is 0 Å². The van der Waals surface area contributed by atoms with Gasteiger partial charge in [0.1, 0.15) is 6.61 Å². The monoisotopic (exact) mass is 274 g/mol. The lowest BCUT2D eigenvalue weighted by Gasteiger charge is -2.25. The molecule has 1 heterocycles. The summed E-state index contributed by atoms with van der Waals surface area (Å²) in [6, 6.07) is 0. The van der Waals surface area contributed by atoms with Crippen molar-refractivity contribution in [3.05, 3.63) is 0 Å². The molecule has 1 rings (SSSR count). The van der Waals surface area contributed by atoms with E-state index < -0.39 is 48.2 Å². The van der Waals surface area contributed by atoms with Crippen LogP contribution in [0.25, 0.3) is 0 Å². The highest BCUT2D eigenvalue weighted by Crippen LogP contribution is 2.40. The first-order valence-electron chi connectivity index (χ1n) is 5.34. The van der Waals surface area contributed by atoms with E-state index in [-0.39, 0.29) is 0 Å². The minimum Gasteiger partial charge on any atom is -0.469 e. The molecular formula is C11H14O8. The lowest BCUT2D eigenvalue weighted by molar-refractivity contribution is -0.173. The molecule has 106 valence electrons. The maximum Gasteiger partial charge on any atom is 0.327 e. The van der Waals surface area contributed by atoms with Crippen molar-refractivity contribution in [2.75, 3.05) is 27.9 Å². The minimum absolute atomic E-state index is 0.473. The van der Waals surface area contributed by atoms with E-state index in [2.05, 4.69) is 14.2 Å². The molecule has 1 fully saturated rings. The first-order valence-corrected chi connectivity index (χ1v) is 5.34. The first-order chi connectivity index (χ1) is 8.93. The Labute approximate surface area is 108 Å². The molecule has 19 heavy (non-hydrogen) atoms. The van der Waals surface area contributed by atoms with E-state index in [9.17, 15) is 19.2 Å². The fourth-order valence-corrected chi connectivity index (χ4v) is 1.94. The van der Waals surface area contributed by atoms with Crippen LogP contribution in [0.2, 0.25) is 0 Å². The smallest absolute Gasteiger partial charge is 0.327 e. The quantitative estimate of drug-likeness (QED) is 0.367. The van der Waals surface area contributed by atoms with Gasteiger partial charge in [-0.15, -0.1) is 0 Å². The van der Waals surface area contributed by atoms with Crippen molar-refractivity contribution < 1.29 is 38.1 Å². The largest absolute Gasteiger partial charge is 0.469 e. The van der Waals surface area contributed by atoms with Gasteiger partial charge in [-0.1, -0.05) is 0 Å². The fourth-order valence-electron chi connectivity index (χ4n) is 1.94. The second kappa shape index (κ2) is 5.68. The Hall–Kier alpha value is -2.12. The average Bonchev–Trinajstić information content (AvgIpc) is 2.75. The van der Waals surface area contributed by atoms with E-state index in [1.807, 2.05) is 0 Å². The first kappa shape index (κ1) is 14.9. The Kier molecular flexibility index (Phi) is 4.47. The van der Waals surface area contributed by atoms with Crippen LogP contribution in [0, 0.1) is 11.3 Å². The maximum atomic E-state index is 11.9. The molecule has 1 saturated heterocycles. The van der Waals surface area contributed by atoms with Gasteiger partial charge < -0.3 is 18.9 Å². The summed E-state index contributed by atoms with van der Waals surface area (Å²) in [4.78, 5) is 46.6. The fraction of sp³-hybridized carbons (Fsp3) is 0.636. The van der Waals surface area contributed by atoms with E-state index >= 15 is 0 Å². The molecule has 1 atom stereocenters. The minimum atomic E-state index is -1.96. The Morgan fingerprint density at radius 2 is 1.68 bits per heavy atom. The zero-order valence-corrected chi connectivity index (χ0v) is 10.8. The molecular weight excluding hydrogens is 260 g/mol. The zero-order valence-electron chi connectivity index (χ0n) is 10.8. The summed E-state index contributed by atoms with van der Waals surface area (Å²) in [5, 5.41) is 0. The van der Waals surface area contributed by atoms with E-state index in [0.29, 0.717) is 0 Å². The predicted molar refractivity (Wildman–Crippen MR) is 57.5 cm³/mol. The third kappa shape index (κ3) is 2.38. The van der Waals surface area contributed by atoms with Gasteiger partial charge in [0, 0.05) is 0 Å². The molecule has 1 unspecified atom stereocenters. The summed E-state index contributed by atoms with van der Waals surface area (Å²) in [5.41, 5.74) is -1.96. The number of hydrogen-bond acceptors (Lipinski definition) is 8. The summed E-state index contributed by atoms with van der Waals surface area (Å²) < 4.78 is 18.2. The van der Waals surface area contributed by atoms with Gasteiger partial charge in [0.25, 0.3) is 0 Å². The molecule has 0 spiro atoms. The van der Waals surface area contributed by atoms with Crippen LogP contribution >= 0.6 is 0 Å². The maximum absolute atomic E-state index is 11.9. The van der Waals surface area contributed by atoms with E-state index in [1.54, 1.807) is 0 Å². The SMILES string of the molecule is COC(=O)CC1C(=O)OCC1(C(=O)OC)C(=O)OC. The van der Waals surface area contributed by atoms with Crippen molar-refractivity contribution in [3.8, 4) is 0 Å². The standard InChI is InChI=1S/C11H14O8/c1-16-7(12)4-6-8(13)19-5-11(6,9(14)17-2)10(15)18-3/h6H,4-5H2,1-3H3. The van der Waals surface area contributed by atoms with Crippen LogP contribution in [0.15, 0.2) is 0 Å². The second-order valence-electron chi connectivity index (χ2n) is 3.90. The Bertz CT molecular complexity index is 397. The number of esters is 4. The van der Waals surface area contributed by atoms with Gasteiger partial charge in [-0.3, -0.25) is 19.2 Å². The Morgan fingerprint density at radius 1 is 1.16 bits per heavy atom. The topological polar surface area (TPSA) is 105 Å². The lowest BCUT2D eigenvalue weighted by Crippen LogP contribution is -2.48. The van der Waals surface area contributed by atoms with Gasteiger partial charge in [0.2, 0.25) is 5.41 Å². The van der Waals surface area contributed by atoms with E-state index in [0.717, 1.165) is 21.3 Å². The molecule has 1 aliphatic rings. The number of carbonyl (C=O) groups excluding carboxylic acids is 4. The summed E-state index contributed by atoms with van der Waals surface area (Å²) in [6.45, 7) is -0.521. The lowest BCUT2D eigenvalue weighted by atomic mass is 9.76. The van der Waals surface area contributed by atoms with Crippen molar-refractivity contribution in [2.24, 2.45) is 11.3 Å². The van der Waals surface area contributed by atoms with Gasteiger partial charge in [-0.25, -0.2) is 0 Å². The summed E-state index contributed by atoms with van der Waals surface area (Å²) in [6.07, 6.45) is -0.473. The van der Waals surface area contributed by atoms with E-state index in [4.69, 9.17) is 4.74 Å². The molecule has 0 amide bonds. The third-order valence-electron chi connectivity index (χ3n) is 3.02. The molecule has 0 radical (unpaired) electrons. The molecule has 0 aromatic carbocycles. The third-order valence-corrected chi connectivity index (χ3v) is 3.02.